The minimum Gasteiger partial charge on any atom is -0.340 e. The van der Waals surface area contributed by atoms with Crippen molar-refractivity contribution >= 4 is 23.4 Å². The van der Waals surface area contributed by atoms with E-state index in [4.69, 9.17) is 11.6 Å². The first-order valence-electron chi connectivity index (χ1n) is 7.60. The third-order valence-corrected chi connectivity index (χ3v) is 4.85. The van der Waals surface area contributed by atoms with Gasteiger partial charge in [-0.25, -0.2) is 0 Å². The lowest BCUT2D eigenvalue weighted by atomic mass is 9.80. The molecule has 21 heavy (non-hydrogen) atoms. The van der Waals surface area contributed by atoms with E-state index in [1.165, 1.54) is 5.54 Å². The van der Waals surface area contributed by atoms with E-state index < -0.39 is 11.6 Å². The molecule has 1 unspecified atom stereocenters. The first-order chi connectivity index (χ1) is 9.71. The molecule has 1 saturated carbocycles. The Morgan fingerprint density at radius 2 is 1.95 bits per heavy atom. The van der Waals surface area contributed by atoms with E-state index in [1.54, 1.807) is 4.90 Å². The summed E-state index contributed by atoms with van der Waals surface area (Å²) in [6.45, 7) is 8.27. The Balaban J connectivity index is 2.39. The van der Waals surface area contributed by atoms with Crippen molar-refractivity contribution in [3.63, 3.8) is 0 Å². The van der Waals surface area contributed by atoms with Gasteiger partial charge < -0.3 is 10.2 Å². The van der Waals surface area contributed by atoms with E-state index in [1.807, 2.05) is 27.7 Å². The molecule has 0 radical (unpaired) electrons. The van der Waals surface area contributed by atoms with Crippen LogP contribution in [0.2, 0.25) is 0 Å². The van der Waals surface area contributed by atoms with E-state index in [9.17, 15) is 9.59 Å². The second kappa shape index (κ2) is 5.64. The molecule has 1 atom stereocenters. The molecule has 2 aliphatic rings. The molecule has 2 rings (SSSR count). The average molecular weight is 313 g/mol. The molecule has 2 fully saturated rings. The summed E-state index contributed by atoms with van der Waals surface area (Å²) in [5.74, 6) is 0.0174. The second-order valence-corrected chi connectivity index (χ2v) is 7.65. The van der Waals surface area contributed by atoms with Crippen molar-refractivity contribution in [1.29, 1.82) is 0 Å². The minimum absolute atomic E-state index is 0.0358. The molecule has 118 valence electrons. The van der Waals surface area contributed by atoms with E-state index in [0.29, 0.717) is 6.54 Å². The van der Waals surface area contributed by atoms with Gasteiger partial charge in [-0.2, -0.15) is 0 Å². The normalized spacial score (nSPS) is 26.4. The Kier molecular flexibility index (Phi) is 4.39. The van der Waals surface area contributed by atoms with Crippen LogP contribution in [0.5, 0.6) is 0 Å². The van der Waals surface area contributed by atoms with Crippen molar-refractivity contribution in [1.82, 2.24) is 10.2 Å². The van der Waals surface area contributed by atoms with Crippen LogP contribution in [0.15, 0.2) is 11.1 Å². The van der Waals surface area contributed by atoms with Crippen LogP contribution < -0.4 is 5.32 Å². The maximum atomic E-state index is 13.0. The molecular formula is C16H25ClN2O2. The monoisotopic (exact) mass is 312 g/mol. The van der Waals surface area contributed by atoms with E-state index in [-0.39, 0.29) is 17.2 Å². The number of carbonyl (C=O) groups excluding carboxylic acids is 2. The average Bonchev–Trinajstić information content (AvgIpc) is 2.83. The molecule has 0 bridgehead atoms. The number of piperazine rings is 1. The molecular weight excluding hydrogens is 288 g/mol. The molecule has 1 saturated heterocycles. The molecule has 2 amide bonds. The molecule has 1 spiro atoms. The van der Waals surface area contributed by atoms with Gasteiger partial charge in [-0.05, 0) is 30.8 Å². The quantitative estimate of drug-likeness (QED) is 0.852. The van der Waals surface area contributed by atoms with E-state index >= 15 is 0 Å². The fraction of sp³-hybridized carbons (Fsp3) is 0.750. The highest BCUT2D eigenvalue weighted by Crippen LogP contribution is 2.38. The van der Waals surface area contributed by atoms with Crippen LogP contribution in [0.4, 0.5) is 0 Å². The molecule has 0 aromatic heterocycles. The van der Waals surface area contributed by atoms with E-state index in [2.05, 4.69) is 5.32 Å². The van der Waals surface area contributed by atoms with Gasteiger partial charge in [-0.1, -0.05) is 45.2 Å². The molecule has 5 heteroatoms. The molecule has 4 nitrogen and oxygen atoms in total. The lowest BCUT2D eigenvalue weighted by Crippen LogP contribution is -2.72. The lowest BCUT2D eigenvalue weighted by Gasteiger charge is -2.48. The predicted octanol–water partition coefficient (Wildman–Crippen LogP) is 2.81. The Hall–Kier alpha value is -1.03. The summed E-state index contributed by atoms with van der Waals surface area (Å²) in [4.78, 5) is 27.4. The molecule has 0 aromatic rings. The highest BCUT2D eigenvalue weighted by atomic mass is 35.5. The number of hydrogen-bond donors (Lipinski definition) is 1. The van der Waals surface area contributed by atoms with Crippen molar-refractivity contribution in [3.8, 4) is 0 Å². The van der Waals surface area contributed by atoms with Gasteiger partial charge in [-0.3, -0.25) is 9.59 Å². The Bertz CT molecular complexity index is 473. The Morgan fingerprint density at radius 3 is 2.43 bits per heavy atom. The maximum absolute atomic E-state index is 13.0. The number of nitrogens with zero attached hydrogens (tertiary/aromatic N) is 1. The van der Waals surface area contributed by atoms with Crippen LogP contribution in [0.1, 0.15) is 53.4 Å². The van der Waals surface area contributed by atoms with Crippen molar-refractivity contribution in [2.75, 3.05) is 6.54 Å². The zero-order valence-electron chi connectivity index (χ0n) is 13.3. The maximum Gasteiger partial charge on any atom is 0.249 e. The van der Waals surface area contributed by atoms with Crippen molar-refractivity contribution in [2.24, 2.45) is 5.41 Å². The van der Waals surface area contributed by atoms with Gasteiger partial charge >= 0.3 is 0 Å². The van der Waals surface area contributed by atoms with Crippen LogP contribution >= 0.6 is 11.6 Å². The van der Waals surface area contributed by atoms with Crippen LogP contribution in [-0.4, -0.2) is 34.8 Å². The van der Waals surface area contributed by atoms with Crippen molar-refractivity contribution in [3.05, 3.63) is 11.1 Å². The molecule has 1 aliphatic carbocycles. The summed E-state index contributed by atoms with van der Waals surface area (Å²) < 4.78 is 0. The summed E-state index contributed by atoms with van der Waals surface area (Å²) in [5.41, 5.74) is 1.39. The highest BCUT2D eigenvalue weighted by molar-refractivity contribution is 6.25. The van der Waals surface area contributed by atoms with Crippen molar-refractivity contribution in [2.45, 2.75) is 65.0 Å². The topological polar surface area (TPSA) is 49.4 Å². The fourth-order valence-electron chi connectivity index (χ4n) is 3.54. The zero-order chi connectivity index (χ0) is 15.8. The van der Waals surface area contributed by atoms with Gasteiger partial charge in [0.05, 0.1) is 0 Å². The summed E-state index contributed by atoms with van der Waals surface area (Å²) in [6, 6.07) is -0.456. The largest absolute Gasteiger partial charge is 0.340 e. The minimum atomic E-state index is -0.675. The zero-order valence-corrected chi connectivity index (χ0v) is 14.1. The second-order valence-electron chi connectivity index (χ2n) is 7.44. The molecule has 1 aliphatic heterocycles. The van der Waals surface area contributed by atoms with Gasteiger partial charge in [0.2, 0.25) is 11.8 Å². The van der Waals surface area contributed by atoms with E-state index in [0.717, 1.165) is 31.3 Å². The number of halogens is 1. The number of amides is 2. The molecule has 1 N–H and O–H groups in total. The number of hydrogen-bond acceptors (Lipinski definition) is 2. The summed E-state index contributed by atoms with van der Waals surface area (Å²) >= 11 is 5.77. The van der Waals surface area contributed by atoms with Crippen LogP contribution in [-0.2, 0) is 9.59 Å². The lowest BCUT2D eigenvalue weighted by molar-refractivity contribution is -0.158. The van der Waals surface area contributed by atoms with Crippen LogP contribution in [0.25, 0.3) is 0 Å². The summed E-state index contributed by atoms with van der Waals surface area (Å²) in [6.07, 6.45) is 3.47. The number of rotatable bonds is 2. The van der Waals surface area contributed by atoms with Crippen LogP contribution in [0, 0.1) is 5.41 Å². The van der Waals surface area contributed by atoms with Gasteiger partial charge in [0, 0.05) is 12.1 Å². The van der Waals surface area contributed by atoms with Crippen molar-refractivity contribution < 1.29 is 9.59 Å². The summed E-state index contributed by atoms with van der Waals surface area (Å²) in [7, 11) is 0. The van der Waals surface area contributed by atoms with Crippen LogP contribution in [0.3, 0.4) is 0 Å². The van der Waals surface area contributed by atoms with Gasteiger partial charge in [-0.15, -0.1) is 0 Å². The number of nitrogens with one attached hydrogen (secondary N) is 1. The third kappa shape index (κ3) is 2.96. The smallest absolute Gasteiger partial charge is 0.249 e. The Labute approximate surface area is 131 Å². The predicted molar refractivity (Wildman–Crippen MR) is 83.9 cm³/mol. The molecule has 1 heterocycles. The highest BCUT2D eigenvalue weighted by Gasteiger charge is 2.54. The van der Waals surface area contributed by atoms with Gasteiger partial charge in [0.1, 0.15) is 11.6 Å². The van der Waals surface area contributed by atoms with Gasteiger partial charge in [0.25, 0.3) is 0 Å². The first-order valence-corrected chi connectivity index (χ1v) is 8.04. The van der Waals surface area contributed by atoms with Gasteiger partial charge in [0.15, 0.2) is 0 Å². The number of carbonyl (C=O) groups is 2. The summed E-state index contributed by atoms with van der Waals surface area (Å²) in [5, 5.41) is 3.04. The Morgan fingerprint density at radius 1 is 1.38 bits per heavy atom. The standard InChI is InChI=1S/C16H25ClN2O2/c1-11(9-17)10-19-12(15(2,3)4)13(20)18-16(14(19)21)7-5-6-8-16/h9,12H,5-8,10H2,1-4H3,(H,18,20). The molecule has 0 aromatic carbocycles. The third-order valence-electron chi connectivity index (χ3n) is 4.48. The SMILES string of the molecule is CC(=CCl)CN1C(=O)C2(CCCC2)NC(=O)C1C(C)(C)C. The first kappa shape index (κ1) is 16.3. The fourth-order valence-corrected chi connectivity index (χ4v) is 3.60.